The molecule has 0 spiro atoms. The average Bonchev–Trinajstić information content (AvgIpc) is 3.56. The topological polar surface area (TPSA) is 116 Å². The van der Waals surface area contributed by atoms with E-state index in [4.69, 9.17) is 23.7 Å². The maximum absolute atomic E-state index is 13.8. The number of ether oxygens (including phenoxy) is 5. The zero-order valence-electron chi connectivity index (χ0n) is 19.7. The van der Waals surface area contributed by atoms with Crippen LogP contribution in [0.2, 0.25) is 0 Å². The Bertz CT molecular complexity index is 1670. The molecule has 3 aromatic carbocycles. The summed E-state index contributed by atoms with van der Waals surface area (Å²) in [6.07, 6.45) is 0. The van der Waals surface area contributed by atoms with E-state index >= 15 is 0 Å². The number of sulfonamides is 1. The molecule has 0 atom stereocenters. The number of aromatic amines is 1. The van der Waals surface area contributed by atoms with Crippen LogP contribution >= 0.6 is 0 Å². The molecule has 37 heavy (non-hydrogen) atoms. The van der Waals surface area contributed by atoms with Gasteiger partial charge in [-0.1, -0.05) is 6.07 Å². The molecular formula is C26H22N2O8S. The van der Waals surface area contributed by atoms with Crippen molar-refractivity contribution in [3.63, 3.8) is 0 Å². The van der Waals surface area contributed by atoms with Crippen LogP contribution in [0.3, 0.4) is 0 Å². The van der Waals surface area contributed by atoms with Crippen molar-refractivity contribution >= 4 is 20.9 Å². The second kappa shape index (κ2) is 9.02. The molecule has 1 N–H and O–H groups in total. The highest BCUT2D eigenvalue weighted by atomic mass is 32.2. The maximum atomic E-state index is 13.8. The van der Waals surface area contributed by atoms with Crippen LogP contribution in [0.25, 0.3) is 10.9 Å². The average molecular weight is 523 g/mol. The lowest BCUT2D eigenvalue weighted by Crippen LogP contribution is -2.32. The van der Waals surface area contributed by atoms with Gasteiger partial charge < -0.3 is 28.7 Å². The number of rotatable bonds is 7. The molecule has 11 heteroatoms. The van der Waals surface area contributed by atoms with Gasteiger partial charge in [0.2, 0.25) is 23.6 Å². The third-order valence-corrected chi connectivity index (χ3v) is 8.06. The van der Waals surface area contributed by atoms with Gasteiger partial charge in [0.25, 0.3) is 5.56 Å². The van der Waals surface area contributed by atoms with E-state index in [2.05, 4.69) is 4.98 Å². The zero-order chi connectivity index (χ0) is 25.6. The fourth-order valence-corrected chi connectivity index (χ4v) is 5.72. The van der Waals surface area contributed by atoms with E-state index in [1.807, 2.05) is 0 Å². The largest absolute Gasteiger partial charge is 0.497 e. The van der Waals surface area contributed by atoms with Crippen molar-refractivity contribution in [1.29, 1.82) is 0 Å². The molecule has 2 aliphatic heterocycles. The van der Waals surface area contributed by atoms with Crippen molar-refractivity contribution in [2.45, 2.75) is 18.0 Å². The third kappa shape index (κ3) is 4.32. The summed E-state index contributed by atoms with van der Waals surface area (Å²) >= 11 is 0. The summed E-state index contributed by atoms with van der Waals surface area (Å²) in [4.78, 5) is 15.9. The first kappa shape index (κ1) is 23.2. The second-order valence-corrected chi connectivity index (χ2v) is 10.5. The fourth-order valence-electron chi connectivity index (χ4n) is 4.31. The summed E-state index contributed by atoms with van der Waals surface area (Å²) in [6, 6.07) is 16.5. The van der Waals surface area contributed by atoms with Crippen LogP contribution in [0.1, 0.15) is 11.1 Å². The van der Waals surface area contributed by atoms with Gasteiger partial charge in [-0.2, -0.15) is 4.31 Å². The number of hydrogen-bond donors (Lipinski definition) is 1. The molecule has 0 amide bonds. The Kier molecular flexibility index (Phi) is 5.65. The van der Waals surface area contributed by atoms with Crippen LogP contribution < -0.4 is 29.2 Å². The number of nitrogens with zero attached hydrogens (tertiary/aromatic N) is 1. The summed E-state index contributed by atoms with van der Waals surface area (Å²) in [7, 11) is -2.50. The molecule has 6 rings (SSSR count). The van der Waals surface area contributed by atoms with Gasteiger partial charge in [0.15, 0.2) is 23.0 Å². The summed E-state index contributed by atoms with van der Waals surface area (Å²) in [5, 5.41) is 0.698. The Morgan fingerprint density at radius 1 is 0.838 bits per heavy atom. The van der Waals surface area contributed by atoms with Crippen LogP contribution in [0.15, 0.2) is 70.4 Å². The summed E-state index contributed by atoms with van der Waals surface area (Å²) in [6.45, 7) is 0.0515. The number of methoxy groups -OCH3 is 1. The number of benzene rings is 3. The van der Waals surface area contributed by atoms with Crippen LogP contribution in [0, 0.1) is 0 Å². The molecular weight excluding hydrogens is 500 g/mol. The normalized spacial score (nSPS) is 13.9. The molecule has 0 saturated carbocycles. The van der Waals surface area contributed by atoms with Crippen molar-refractivity contribution in [2.75, 3.05) is 20.7 Å². The van der Waals surface area contributed by atoms with E-state index in [1.165, 1.54) is 23.5 Å². The maximum Gasteiger partial charge on any atom is 0.252 e. The first-order valence-corrected chi connectivity index (χ1v) is 12.8. The molecule has 0 radical (unpaired) electrons. The lowest BCUT2D eigenvalue weighted by Gasteiger charge is -2.23. The quantitative estimate of drug-likeness (QED) is 0.393. The second-order valence-electron chi connectivity index (χ2n) is 8.55. The number of fused-ring (bicyclic) bond motifs is 3. The van der Waals surface area contributed by atoms with Gasteiger partial charge in [0, 0.05) is 30.1 Å². The highest BCUT2D eigenvalue weighted by Crippen LogP contribution is 2.36. The first-order valence-electron chi connectivity index (χ1n) is 11.4. The fraction of sp³-hybridized carbons (Fsp3) is 0.192. The molecule has 2 aliphatic rings. The van der Waals surface area contributed by atoms with Crippen molar-refractivity contribution in [3.8, 4) is 28.7 Å². The molecule has 0 fully saturated rings. The summed E-state index contributed by atoms with van der Waals surface area (Å²) in [5.74, 6) is 2.78. The van der Waals surface area contributed by atoms with Gasteiger partial charge in [-0.15, -0.1) is 0 Å². The SMILES string of the molecule is COc1ccc(S(=O)(=O)N(Cc2ccc3c(c2)OCO3)Cc2cc3cc4c(cc3[nH]c2=O)OCO4)cc1. The molecule has 0 unspecified atom stereocenters. The monoisotopic (exact) mass is 522 g/mol. The van der Waals surface area contributed by atoms with Crippen LogP contribution in [-0.2, 0) is 23.1 Å². The zero-order valence-corrected chi connectivity index (χ0v) is 20.5. The van der Waals surface area contributed by atoms with Gasteiger partial charge in [-0.25, -0.2) is 8.42 Å². The third-order valence-electron chi connectivity index (χ3n) is 6.25. The predicted molar refractivity (Wildman–Crippen MR) is 133 cm³/mol. The van der Waals surface area contributed by atoms with Crippen molar-refractivity contribution in [3.05, 3.63) is 82.1 Å². The van der Waals surface area contributed by atoms with Crippen LogP contribution in [0.4, 0.5) is 0 Å². The molecule has 4 aromatic rings. The Balaban J connectivity index is 1.40. The van der Waals surface area contributed by atoms with E-state index in [0.717, 1.165) is 0 Å². The van der Waals surface area contributed by atoms with Crippen molar-refractivity contribution < 1.29 is 32.1 Å². The molecule has 0 bridgehead atoms. The lowest BCUT2D eigenvalue weighted by molar-refractivity contribution is 0.173. The smallest absolute Gasteiger partial charge is 0.252 e. The number of aromatic nitrogens is 1. The Hall–Kier alpha value is -4.22. The van der Waals surface area contributed by atoms with Gasteiger partial charge >= 0.3 is 0 Å². The predicted octanol–water partition coefficient (Wildman–Crippen LogP) is 3.39. The number of nitrogens with one attached hydrogen (secondary N) is 1. The van der Waals surface area contributed by atoms with Crippen LogP contribution in [0.5, 0.6) is 28.7 Å². The van der Waals surface area contributed by atoms with Crippen molar-refractivity contribution in [2.24, 2.45) is 0 Å². The van der Waals surface area contributed by atoms with Gasteiger partial charge in [-0.3, -0.25) is 4.79 Å². The molecule has 190 valence electrons. The van der Waals surface area contributed by atoms with E-state index in [1.54, 1.807) is 48.5 Å². The number of pyridine rings is 1. The van der Waals surface area contributed by atoms with Gasteiger partial charge in [-0.05, 0) is 54.1 Å². The number of H-pyrrole nitrogens is 1. The van der Waals surface area contributed by atoms with E-state index < -0.39 is 15.6 Å². The van der Waals surface area contributed by atoms with E-state index in [0.29, 0.717) is 45.2 Å². The summed E-state index contributed by atoms with van der Waals surface area (Å²) < 4.78 is 55.7. The summed E-state index contributed by atoms with van der Waals surface area (Å²) in [5.41, 5.74) is 1.14. The minimum absolute atomic E-state index is 0.00359. The van der Waals surface area contributed by atoms with E-state index in [-0.39, 0.29) is 37.1 Å². The van der Waals surface area contributed by atoms with Gasteiger partial charge in [0.1, 0.15) is 5.75 Å². The highest BCUT2D eigenvalue weighted by Gasteiger charge is 2.27. The number of hydrogen-bond acceptors (Lipinski definition) is 8. The minimum atomic E-state index is -4.01. The molecule has 3 heterocycles. The Labute approximate surface area is 212 Å². The van der Waals surface area contributed by atoms with Crippen molar-refractivity contribution in [1.82, 2.24) is 9.29 Å². The molecule has 1 aromatic heterocycles. The Morgan fingerprint density at radius 3 is 2.24 bits per heavy atom. The van der Waals surface area contributed by atoms with Gasteiger partial charge in [0.05, 0.1) is 17.5 Å². The first-order chi connectivity index (χ1) is 17.9. The Morgan fingerprint density at radius 2 is 1.51 bits per heavy atom. The molecule has 0 aliphatic carbocycles. The molecule has 10 nitrogen and oxygen atoms in total. The van der Waals surface area contributed by atoms with Crippen LogP contribution in [-0.4, -0.2) is 38.4 Å². The minimum Gasteiger partial charge on any atom is -0.497 e. The standard InChI is InChI=1S/C26H22N2O8S/c1-32-19-3-5-20(6-4-19)37(30,31)28(12-16-2-7-22-23(8-16)34-14-33-22)13-18-9-17-10-24-25(36-15-35-24)11-21(17)27-26(18)29/h2-11H,12-15H2,1H3,(H,27,29). The lowest BCUT2D eigenvalue weighted by atomic mass is 10.1. The van der Waals surface area contributed by atoms with E-state index in [9.17, 15) is 13.2 Å². The highest BCUT2D eigenvalue weighted by molar-refractivity contribution is 7.89. The molecule has 0 saturated heterocycles.